The van der Waals surface area contributed by atoms with Crippen LogP contribution in [0.25, 0.3) is 0 Å². The van der Waals surface area contributed by atoms with Crippen LogP contribution in [-0.2, 0) is 10.3 Å². The Labute approximate surface area is 172 Å². The SMILES string of the molecule is CC[C@]1(c2ccc(OC)cc2)NC(=O)N(CC(=O)c2ccc(C)c([N+](=O)[O-])c2)C1=O. The summed E-state index contributed by atoms with van der Waals surface area (Å²) in [6.07, 6.45) is 0.282. The Balaban J connectivity index is 1.88. The Hall–Kier alpha value is -3.75. The van der Waals surface area contributed by atoms with Crippen molar-refractivity contribution in [2.24, 2.45) is 0 Å². The topological polar surface area (TPSA) is 119 Å². The van der Waals surface area contributed by atoms with Gasteiger partial charge in [-0.3, -0.25) is 24.6 Å². The third-order valence-electron chi connectivity index (χ3n) is 5.32. The van der Waals surface area contributed by atoms with Crippen LogP contribution >= 0.6 is 0 Å². The van der Waals surface area contributed by atoms with Crippen LogP contribution in [0.2, 0.25) is 0 Å². The predicted octanol–water partition coefficient (Wildman–Crippen LogP) is 2.95. The van der Waals surface area contributed by atoms with Gasteiger partial charge in [0.25, 0.3) is 11.6 Å². The van der Waals surface area contributed by atoms with Gasteiger partial charge in [-0.15, -0.1) is 0 Å². The minimum Gasteiger partial charge on any atom is -0.497 e. The molecule has 1 aliphatic rings. The van der Waals surface area contributed by atoms with E-state index in [4.69, 9.17) is 4.74 Å². The molecule has 1 aliphatic heterocycles. The van der Waals surface area contributed by atoms with Crippen LogP contribution in [-0.4, -0.2) is 41.2 Å². The first-order chi connectivity index (χ1) is 14.2. The molecule has 0 saturated carbocycles. The number of imide groups is 1. The molecule has 156 valence electrons. The molecule has 0 spiro atoms. The Morgan fingerprint density at radius 3 is 2.43 bits per heavy atom. The number of ether oxygens (including phenoxy) is 1. The number of hydrogen-bond acceptors (Lipinski definition) is 6. The standard InChI is InChI=1S/C21H21N3O6/c1-4-21(15-7-9-16(30-3)10-8-15)19(26)23(20(27)22-21)12-18(25)14-6-5-13(2)17(11-14)24(28)29/h5-11H,4,12H2,1-3H3,(H,22,27)/t21-/m1/s1. The molecule has 2 aromatic carbocycles. The van der Waals surface area contributed by atoms with Gasteiger partial charge >= 0.3 is 6.03 Å². The van der Waals surface area contributed by atoms with Gasteiger partial charge in [-0.05, 0) is 31.0 Å². The summed E-state index contributed by atoms with van der Waals surface area (Å²) in [5.41, 5.74) is -0.435. The number of methoxy groups -OCH3 is 1. The number of ketones is 1. The molecule has 3 amide bonds. The minimum absolute atomic E-state index is 0.0614. The Morgan fingerprint density at radius 2 is 1.87 bits per heavy atom. The van der Waals surface area contributed by atoms with Gasteiger partial charge in [0.05, 0.1) is 18.6 Å². The molecular formula is C21H21N3O6. The molecule has 0 aromatic heterocycles. The summed E-state index contributed by atoms with van der Waals surface area (Å²) in [5.74, 6) is -0.506. The summed E-state index contributed by atoms with van der Waals surface area (Å²) in [4.78, 5) is 49.8. The maximum atomic E-state index is 13.2. The molecule has 1 heterocycles. The van der Waals surface area contributed by atoms with E-state index in [0.717, 1.165) is 11.0 Å². The number of rotatable bonds is 7. The van der Waals surface area contributed by atoms with E-state index in [1.165, 1.54) is 19.2 Å². The Morgan fingerprint density at radius 1 is 1.20 bits per heavy atom. The van der Waals surface area contributed by atoms with Gasteiger partial charge in [0.15, 0.2) is 5.78 Å². The fraction of sp³-hybridized carbons (Fsp3) is 0.286. The fourth-order valence-corrected chi connectivity index (χ4v) is 3.50. The highest BCUT2D eigenvalue weighted by atomic mass is 16.6. The van der Waals surface area contributed by atoms with Gasteiger partial charge in [-0.1, -0.05) is 31.2 Å². The first-order valence-electron chi connectivity index (χ1n) is 9.30. The van der Waals surface area contributed by atoms with Crippen molar-refractivity contribution in [3.63, 3.8) is 0 Å². The van der Waals surface area contributed by atoms with Crippen LogP contribution in [0.1, 0.15) is 34.8 Å². The van der Waals surface area contributed by atoms with Crippen molar-refractivity contribution in [2.75, 3.05) is 13.7 Å². The first-order valence-corrected chi connectivity index (χ1v) is 9.30. The number of urea groups is 1. The number of aryl methyl sites for hydroxylation is 1. The molecule has 9 nitrogen and oxygen atoms in total. The molecule has 30 heavy (non-hydrogen) atoms. The summed E-state index contributed by atoms with van der Waals surface area (Å²) >= 11 is 0. The summed E-state index contributed by atoms with van der Waals surface area (Å²) < 4.78 is 5.13. The zero-order chi connectivity index (χ0) is 22.1. The van der Waals surface area contributed by atoms with E-state index in [9.17, 15) is 24.5 Å². The lowest BCUT2D eigenvalue weighted by atomic mass is 9.87. The second-order valence-corrected chi connectivity index (χ2v) is 6.99. The average molecular weight is 411 g/mol. The highest BCUT2D eigenvalue weighted by molar-refractivity contribution is 6.11. The van der Waals surface area contributed by atoms with Crippen molar-refractivity contribution < 1.29 is 24.0 Å². The number of Topliss-reactive ketones (excluding diaryl/α,β-unsaturated/α-hetero) is 1. The van der Waals surface area contributed by atoms with Gasteiger partial charge in [0.2, 0.25) is 0 Å². The van der Waals surface area contributed by atoms with Crippen molar-refractivity contribution in [3.8, 4) is 5.75 Å². The highest BCUT2D eigenvalue weighted by Gasteiger charge is 2.51. The Kier molecular flexibility index (Phi) is 5.55. The molecule has 1 saturated heterocycles. The van der Waals surface area contributed by atoms with Gasteiger partial charge in [-0.25, -0.2) is 4.79 Å². The number of amides is 3. The van der Waals surface area contributed by atoms with Crippen LogP contribution in [0.5, 0.6) is 5.75 Å². The van der Waals surface area contributed by atoms with E-state index in [1.54, 1.807) is 38.1 Å². The van der Waals surface area contributed by atoms with E-state index in [-0.39, 0.29) is 17.7 Å². The molecule has 2 aromatic rings. The predicted molar refractivity (Wildman–Crippen MR) is 107 cm³/mol. The molecule has 3 rings (SSSR count). The largest absolute Gasteiger partial charge is 0.497 e. The van der Waals surface area contributed by atoms with E-state index in [0.29, 0.717) is 16.9 Å². The number of nitrogens with zero attached hydrogens (tertiary/aromatic N) is 2. The number of carbonyl (C=O) groups excluding carboxylic acids is 3. The zero-order valence-electron chi connectivity index (χ0n) is 16.8. The number of hydrogen-bond donors (Lipinski definition) is 1. The second kappa shape index (κ2) is 7.94. The number of nitro benzene ring substituents is 1. The maximum absolute atomic E-state index is 13.2. The van der Waals surface area contributed by atoms with Crippen LogP contribution in [0.3, 0.4) is 0 Å². The zero-order valence-corrected chi connectivity index (χ0v) is 16.8. The number of benzene rings is 2. The van der Waals surface area contributed by atoms with Crippen LogP contribution in [0.15, 0.2) is 42.5 Å². The van der Waals surface area contributed by atoms with E-state index in [2.05, 4.69) is 5.32 Å². The molecule has 9 heteroatoms. The summed E-state index contributed by atoms with van der Waals surface area (Å²) in [6.45, 7) is 2.81. The molecule has 0 unspecified atom stereocenters. The van der Waals surface area contributed by atoms with Crippen LogP contribution < -0.4 is 10.1 Å². The molecule has 0 aliphatic carbocycles. The average Bonchev–Trinajstić information content (AvgIpc) is 2.99. The lowest BCUT2D eigenvalue weighted by Gasteiger charge is -2.26. The van der Waals surface area contributed by atoms with Crippen LogP contribution in [0.4, 0.5) is 10.5 Å². The molecule has 1 N–H and O–H groups in total. The second-order valence-electron chi connectivity index (χ2n) is 6.99. The Bertz CT molecular complexity index is 1030. The van der Waals surface area contributed by atoms with Crippen molar-refractivity contribution in [2.45, 2.75) is 25.8 Å². The van der Waals surface area contributed by atoms with Gasteiger partial charge < -0.3 is 10.1 Å². The molecule has 0 bridgehead atoms. The fourth-order valence-electron chi connectivity index (χ4n) is 3.50. The molecule has 1 atom stereocenters. The number of nitrogens with one attached hydrogen (secondary N) is 1. The van der Waals surface area contributed by atoms with Crippen LogP contribution in [0, 0.1) is 17.0 Å². The lowest BCUT2D eigenvalue weighted by Crippen LogP contribution is -2.43. The monoisotopic (exact) mass is 411 g/mol. The van der Waals surface area contributed by atoms with Gasteiger partial charge in [-0.2, -0.15) is 0 Å². The summed E-state index contributed by atoms with van der Waals surface area (Å²) in [5, 5.41) is 13.8. The van der Waals surface area contributed by atoms with E-state index in [1.807, 2.05) is 0 Å². The molecule has 0 radical (unpaired) electrons. The highest BCUT2D eigenvalue weighted by Crippen LogP contribution is 2.33. The molecule has 1 fully saturated rings. The lowest BCUT2D eigenvalue weighted by molar-refractivity contribution is -0.385. The molecular weight excluding hydrogens is 390 g/mol. The minimum atomic E-state index is -1.29. The van der Waals surface area contributed by atoms with Crippen molar-refractivity contribution in [1.82, 2.24) is 10.2 Å². The van der Waals surface area contributed by atoms with E-state index >= 15 is 0 Å². The number of nitro groups is 1. The third-order valence-corrected chi connectivity index (χ3v) is 5.32. The van der Waals surface area contributed by atoms with Crippen molar-refractivity contribution in [3.05, 3.63) is 69.3 Å². The van der Waals surface area contributed by atoms with Gasteiger partial charge in [0.1, 0.15) is 11.3 Å². The quantitative estimate of drug-likeness (QED) is 0.324. The first kappa shape index (κ1) is 21.0. The summed E-state index contributed by atoms with van der Waals surface area (Å²) in [7, 11) is 1.52. The third kappa shape index (κ3) is 3.49. The normalized spacial score (nSPS) is 18.3. The number of carbonyl (C=O) groups is 3. The summed E-state index contributed by atoms with van der Waals surface area (Å²) in [6, 6.07) is 10.1. The van der Waals surface area contributed by atoms with Crippen molar-refractivity contribution in [1.29, 1.82) is 0 Å². The smallest absolute Gasteiger partial charge is 0.325 e. The van der Waals surface area contributed by atoms with Gasteiger partial charge in [0, 0.05) is 17.2 Å². The maximum Gasteiger partial charge on any atom is 0.325 e. The van der Waals surface area contributed by atoms with E-state index < -0.39 is 34.7 Å². The van der Waals surface area contributed by atoms with Crippen molar-refractivity contribution >= 4 is 23.4 Å².